The van der Waals surface area contributed by atoms with Crippen molar-refractivity contribution in [3.8, 4) is 0 Å². The minimum absolute atomic E-state index is 1.38. The van der Waals surface area contributed by atoms with Crippen LogP contribution in [0.5, 0.6) is 0 Å². The summed E-state index contributed by atoms with van der Waals surface area (Å²) in [6, 6.07) is 0. The van der Waals surface area contributed by atoms with Crippen molar-refractivity contribution < 1.29 is 0 Å². The zero-order valence-corrected chi connectivity index (χ0v) is 5.30. The minimum atomic E-state index is 1.38. The highest BCUT2D eigenvalue weighted by Gasteiger charge is 1.73. The standard InChI is InChI=1S/C5H10S/c1-4-5(2)6-3/h4H,1-3H3. The molecule has 6 heavy (non-hydrogen) atoms. The fraction of sp³-hybridized carbons (Fsp3) is 0.600. The highest BCUT2D eigenvalue weighted by molar-refractivity contribution is 8.02. The van der Waals surface area contributed by atoms with Crippen LogP contribution in [0.15, 0.2) is 11.0 Å². The summed E-state index contributed by atoms with van der Waals surface area (Å²) in [6.45, 7) is 4.15. The smallest absolute Gasteiger partial charge is 0.0140 e. The second kappa shape index (κ2) is 3.29. The highest BCUT2D eigenvalue weighted by Crippen LogP contribution is 2.07. The Hall–Kier alpha value is 0.0900. The molecule has 0 amide bonds. The molecule has 0 aliphatic rings. The SMILES string of the molecule is CC=C(C)SC. The normalized spacial score (nSPS) is 12.2. The summed E-state index contributed by atoms with van der Waals surface area (Å²) in [6.07, 6.45) is 4.18. The number of allylic oxidation sites excluding steroid dienone is 2. The first-order chi connectivity index (χ1) is 2.81. The molecule has 0 aliphatic carbocycles. The van der Waals surface area contributed by atoms with Gasteiger partial charge in [-0.15, -0.1) is 11.8 Å². The quantitative estimate of drug-likeness (QED) is 0.489. The molecule has 0 heterocycles. The van der Waals surface area contributed by atoms with Gasteiger partial charge in [0.2, 0.25) is 0 Å². The average molecular weight is 102 g/mol. The van der Waals surface area contributed by atoms with Crippen LogP contribution in [0.25, 0.3) is 0 Å². The van der Waals surface area contributed by atoms with Crippen LogP contribution in [0.2, 0.25) is 0 Å². The second-order valence-electron chi connectivity index (χ2n) is 1.10. The lowest BCUT2D eigenvalue weighted by molar-refractivity contribution is 1.60. The average Bonchev–Trinajstić information content (AvgIpc) is 1.65. The van der Waals surface area contributed by atoms with E-state index in [0.717, 1.165) is 0 Å². The van der Waals surface area contributed by atoms with Crippen LogP contribution in [-0.2, 0) is 0 Å². The maximum atomic E-state index is 2.10. The Morgan fingerprint density at radius 2 is 2.17 bits per heavy atom. The molecule has 0 unspecified atom stereocenters. The Kier molecular flexibility index (Phi) is 3.34. The van der Waals surface area contributed by atoms with E-state index in [1.165, 1.54) is 4.91 Å². The molecule has 0 rings (SSSR count). The molecule has 0 atom stereocenters. The summed E-state index contributed by atoms with van der Waals surface area (Å²) in [7, 11) is 0. The third kappa shape index (κ3) is 2.33. The summed E-state index contributed by atoms with van der Waals surface area (Å²) < 4.78 is 0. The molecular weight excluding hydrogens is 92.1 g/mol. The molecule has 0 aromatic carbocycles. The van der Waals surface area contributed by atoms with Gasteiger partial charge in [-0.2, -0.15) is 0 Å². The van der Waals surface area contributed by atoms with Crippen LogP contribution in [0.4, 0.5) is 0 Å². The third-order valence-corrected chi connectivity index (χ3v) is 1.61. The van der Waals surface area contributed by atoms with Crippen LogP contribution >= 0.6 is 11.8 Å². The van der Waals surface area contributed by atoms with Gasteiger partial charge >= 0.3 is 0 Å². The number of rotatable bonds is 1. The predicted molar refractivity (Wildman–Crippen MR) is 32.9 cm³/mol. The fourth-order valence-corrected chi connectivity index (χ4v) is 0.354. The lowest BCUT2D eigenvalue weighted by atomic mass is 10.6. The van der Waals surface area contributed by atoms with E-state index in [1.54, 1.807) is 11.8 Å². The van der Waals surface area contributed by atoms with E-state index < -0.39 is 0 Å². The van der Waals surface area contributed by atoms with Gasteiger partial charge in [0.05, 0.1) is 0 Å². The van der Waals surface area contributed by atoms with Crippen molar-refractivity contribution in [2.24, 2.45) is 0 Å². The Morgan fingerprint density at radius 3 is 2.17 bits per heavy atom. The molecule has 0 fully saturated rings. The summed E-state index contributed by atoms with van der Waals surface area (Å²) in [5.74, 6) is 0. The Labute approximate surface area is 43.6 Å². The Balaban J connectivity index is 3.22. The van der Waals surface area contributed by atoms with E-state index in [0.29, 0.717) is 0 Å². The van der Waals surface area contributed by atoms with E-state index in [9.17, 15) is 0 Å². The van der Waals surface area contributed by atoms with Crippen molar-refractivity contribution in [2.45, 2.75) is 13.8 Å². The van der Waals surface area contributed by atoms with Crippen LogP contribution < -0.4 is 0 Å². The van der Waals surface area contributed by atoms with Gasteiger partial charge in [-0.25, -0.2) is 0 Å². The van der Waals surface area contributed by atoms with Crippen molar-refractivity contribution >= 4 is 11.8 Å². The molecule has 0 aromatic rings. The van der Waals surface area contributed by atoms with Crippen molar-refractivity contribution in [3.63, 3.8) is 0 Å². The monoisotopic (exact) mass is 102 g/mol. The van der Waals surface area contributed by atoms with E-state index >= 15 is 0 Å². The molecule has 0 spiro atoms. The molecule has 0 aliphatic heterocycles. The summed E-state index contributed by atoms with van der Waals surface area (Å²) >= 11 is 1.79. The largest absolute Gasteiger partial charge is 0.135 e. The number of thioether (sulfide) groups is 1. The molecule has 0 bridgehead atoms. The molecule has 1 heteroatoms. The van der Waals surface area contributed by atoms with E-state index in [1.807, 2.05) is 6.92 Å². The highest BCUT2D eigenvalue weighted by atomic mass is 32.2. The lowest BCUT2D eigenvalue weighted by Crippen LogP contribution is -1.56. The van der Waals surface area contributed by atoms with E-state index in [2.05, 4.69) is 19.3 Å². The first kappa shape index (κ1) is 6.09. The van der Waals surface area contributed by atoms with Crippen LogP contribution in [0.1, 0.15) is 13.8 Å². The maximum absolute atomic E-state index is 2.10. The predicted octanol–water partition coefficient (Wildman–Crippen LogP) is 2.27. The van der Waals surface area contributed by atoms with Gasteiger partial charge in [-0.05, 0) is 25.0 Å². The van der Waals surface area contributed by atoms with Gasteiger partial charge in [-0.3, -0.25) is 0 Å². The maximum Gasteiger partial charge on any atom is -0.0140 e. The molecule has 0 saturated heterocycles. The van der Waals surface area contributed by atoms with Gasteiger partial charge in [0.15, 0.2) is 0 Å². The van der Waals surface area contributed by atoms with Gasteiger partial charge in [0.1, 0.15) is 0 Å². The fourth-order valence-electron chi connectivity index (χ4n) is 0.118. The molecule has 36 valence electrons. The van der Waals surface area contributed by atoms with E-state index in [4.69, 9.17) is 0 Å². The molecule has 0 aromatic heterocycles. The van der Waals surface area contributed by atoms with Gasteiger partial charge in [0, 0.05) is 0 Å². The van der Waals surface area contributed by atoms with Crippen molar-refractivity contribution in [2.75, 3.05) is 6.26 Å². The molecule has 0 nitrogen and oxygen atoms in total. The first-order valence-electron chi connectivity index (χ1n) is 1.98. The van der Waals surface area contributed by atoms with Crippen molar-refractivity contribution in [3.05, 3.63) is 11.0 Å². The zero-order valence-electron chi connectivity index (χ0n) is 4.49. The number of hydrogen-bond donors (Lipinski definition) is 0. The van der Waals surface area contributed by atoms with Crippen molar-refractivity contribution in [1.82, 2.24) is 0 Å². The van der Waals surface area contributed by atoms with Gasteiger partial charge in [-0.1, -0.05) is 6.08 Å². The number of hydrogen-bond acceptors (Lipinski definition) is 1. The van der Waals surface area contributed by atoms with Gasteiger partial charge < -0.3 is 0 Å². The summed E-state index contributed by atoms with van der Waals surface area (Å²) in [4.78, 5) is 1.38. The first-order valence-corrected chi connectivity index (χ1v) is 3.20. The van der Waals surface area contributed by atoms with Crippen LogP contribution in [-0.4, -0.2) is 6.26 Å². The molecule has 0 radical (unpaired) electrons. The summed E-state index contributed by atoms with van der Waals surface area (Å²) in [5, 5.41) is 0. The van der Waals surface area contributed by atoms with Crippen LogP contribution in [0.3, 0.4) is 0 Å². The lowest BCUT2D eigenvalue weighted by Gasteiger charge is -1.84. The minimum Gasteiger partial charge on any atom is -0.135 e. The molecule has 0 N–H and O–H groups in total. The van der Waals surface area contributed by atoms with Gasteiger partial charge in [0.25, 0.3) is 0 Å². The zero-order chi connectivity index (χ0) is 4.99. The van der Waals surface area contributed by atoms with E-state index in [-0.39, 0.29) is 0 Å². The third-order valence-electron chi connectivity index (χ3n) is 0.729. The van der Waals surface area contributed by atoms with Crippen LogP contribution in [0, 0.1) is 0 Å². The second-order valence-corrected chi connectivity index (χ2v) is 2.16. The topological polar surface area (TPSA) is 0 Å². The summed E-state index contributed by atoms with van der Waals surface area (Å²) in [5.41, 5.74) is 0. The molecular formula is C5H10S. The Morgan fingerprint density at radius 1 is 1.67 bits per heavy atom. The van der Waals surface area contributed by atoms with Crippen molar-refractivity contribution in [1.29, 1.82) is 0 Å². The Bertz CT molecular complexity index is 55.0. The molecule has 0 saturated carbocycles.